The van der Waals surface area contributed by atoms with Crippen LogP contribution >= 0.6 is 0 Å². The standard InChI is InChI=1S/C21H22/c1-15-7-10-18(11-8-15)19-5-4-6-20(14-19)21-12-9-16(2)13-17(21)3/h4-12,14,17H,13H2,1-3H3. The molecule has 0 bridgehead atoms. The van der Waals surface area contributed by atoms with Gasteiger partial charge in [-0.15, -0.1) is 0 Å². The topological polar surface area (TPSA) is 0 Å². The quantitative estimate of drug-likeness (QED) is 0.627. The van der Waals surface area contributed by atoms with E-state index in [1.165, 1.54) is 39.8 Å². The number of hydrogen-bond acceptors (Lipinski definition) is 0. The lowest BCUT2D eigenvalue weighted by molar-refractivity contribution is 0.728. The first-order chi connectivity index (χ1) is 10.1. The van der Waals surface area contributed by atoms with Gasteiger partial charge < -0.3 is 0 Å². The van der Waals surface area contributed by atoms with Crippen LogP contribution in [0.2, 0.25) is 0 Å². The van der Waals surface area contributed by atoms with Crippen molar-refractivity contribution in [3.8, 4) is 11.1 Å². The van der Waals surface area contributed by atoms with E-state index in [1.807, 2.05) is 0 Å². The lowest BCUT2D eigenvalue weighted by Crippen LogP contribution is -2.03. The third kappa shape index (κ3) is 3.00. The molecule has 21 heavy (non-hydrogen) atoms. The predicted molar refractivity (Wildman–Crippen MR) is 92.1 cm³/mol. The van der Waals surface area contributed by atoms with Gasteiger partial charge in [0.15, 0.2) is 0 Å². The molecule has 0 amide bonds. The Balaban J connectivity index is 1.99. The molecule has 0 nitrogen and oxygen atoms in total. The van der Waals surface area contributed by atoms with Gasteiger partial charge in [0.1, 0.15) is 0 Å². The van der Waals surface area contributed by atoms with Crippen LogP contribution in [0, 0.1) is 12.8 Å². The van der Waals surface area contributed by atoms with Crippen LogP contribution < -0.4 is 0 Å². The lowest BCUT2D eigenvalue weighted by atomic mass is 9.84. The minimum absolute atomic E-state index is 0.600. The monoisotopic (exact) mass is 274 g/mol. The fourth-order valence-electron chi connectivity index (χ4n) is 3.06. The van der Waals surface area contributed by atoms with E-state index in [-0.39, 0.29) is 0 Å². The summed E-state index contributed by atoms with van der Waals surface area (Å²) in [5.41, 5.74) is 8.17. The van der Waals surface area contributed by atoms with Gasteiger partial charge in [-0.3, -0.25) is 0 Å². The highest BCUT2D eigenvalue weighted by molar-refractivity contribution is 5.75. The van der Waals surface area contributed by atoms with E-state index >= 15 is 0 Å². The van der Waals surface area contributed by atoms with Crippen molar-refractivity contribution >= 4 is 5.57 Å². The summed E-state index contributed by atoms with van der Waals surface area (Å²) in [4.78, 5) is 0. The molecule has 0 saturated carbocycles. The lowest BCUT2D eigenvalue weighted by Gasteiger charge is -2.21. The Morgan fingerprint density at radius 1 is 0.810 bits per heavy atom. The van der Waals surface area contributed by atoms with E-state index in [1.54, 1.807) is 0 Å². The highest BCUT2D eigenvalue weighted by atomic mass is 14.2. The predicted octanol–water partition coefficient (Wildman–Crippen LogP) is 6.03. The first kappa shape index (κ1) is 13.9. The molecule has 106 valence electrons. The van der Waals surface area contributed by atoms with E-state index in [2.05, 4.69) is 81.5 Å². The molecule has 0 spiro atoms. The van der Waals surface area contributed by atoms with Crippen LogP contribution in [0.1, 0.15) is 31.4 Å². The van der Waals surface area contributed by atoms with E-state index < -0.39 is 0 Å². The van der Waals surface area contributed by atoms with Crippen LogP contribution in [0.3, 0.4) is 0 Å². The molecule has 1 atom stereocenters. The van der Waals surface area contributed by atoms with Gasteiger partial charge in [0.2, 0.25) is 0 Å². The average molecular weight is 274 g/mol. The molecule has 0 heterocycles. The van der Waals surface area contributed by atoms with Crippen molar-refractivity contribution in [1.82, 2.24) is 0 Å². The van der Waals surface area contributed by atoms with Crippen LogP contribution in [-0.2, 0) is 0 Å². The van der Waals surface area contributed by atoms with Gasteiger partial charge in [0, 0.05) is 0 Å². The summed E-state index contributed by atoms with van der Waals surface area (Å²) in [5.74, 6) is 0.600. The Kier molecular flexibility index (Phi) is 3.79. The SMILES string of the molecule is CC1=CC=C(c2cccc(-c3ccc(C)cc3)c2)C(C)C1. The molecule has 2 aromatic rings. The van der Waals surface area contributed by atoms with Gasteiger partial charge in [-0.25, -0.2) is 0 Å². The Morgan fingerprint density at radius 3 is 2.24 bits per heavy atom. The van der Waals surface area contributed by atoms with Crippen molar-refractivity contribution in [3.63, 3.8) is 0 Å². The first-order valence-electron chi connectivity index (χ1n) is 7.68. The Hall–Kier alpha value is -2.08. The highest BCUT2D eigenvalue weighted by Crippen LogP contribution is 2.33. The van der Waals surface area contributed by atoms with Gasteiger partial charge in [-0.05, 0) is 54.5 Å². The number of aryl methyl sites for hydroxylation is 1. The molecule has 0 aliphatic heterocycles. The molecule has 1 aliphatic carbocycles. The van der Waals surface area contributed by atoms with Crippen LogP contribution in [0.5, 0.6) is 0 Å². The van der Waals surface area contributed by atoms with Gasteiger partial charge in [-0.2, -0.15) is 0 Å². The fourth-order valence-corrected chi connectivity index (χ4v) is 3.06. The summed E-state index contributed by atoms with van der Waals surface area (Å²) in [5, 5.41) is 0. The average Bonchev–Trinajstić information content (AvgIpc) is 2.48. The summed E-state index contributed by atoms with van der Waals surface area (Å²) in [7, 11) is 0. The van der Waals surface area contributed by atoms with Gasteiger partial charge in [0.25, 0.3) is 0 Å². The van der Waals surface area contributed by atoms with Crippen molar-refractivity contribution in [1.29, 1.82) is 0 Å². The van der Waals surface area contributed by atoms with Crippen LogP contribution in [-0.4, -0.2) is 0 Å². The molecule has 1 aliphatic rings. The molecule has 0 fully saturated rings. The van der Waals surface area contributed by atoms with Crippen LogP contribution in [0.25, 0.3) is 16.7 Å². The molecule has 0 saturated heterocycles. The van der Waals surface area contributed by atoms with Crippen LogP contribution in [0.4, 0.5) is 0 Å². The Labute approximate surface area is 127 Å². The second kappa shape index (κ2) is 5.73. The molecule has 3 rings (SSSR count). The normalized spacial score (nSPS) is 18.1. The summed E-state index contributed by atoms with van der Waals surface area (Å²) in [6, 6.07) is 17.7. The third-order valence-electron chi connectivity index (χ3n) is 4.29. The van der Waals surface area contributed by atoms with E-state index in [0.717, 1.165) is 0 Å². The maximum Gasteiger partial charge on any atom is -0.0147 e. The Morgan fingerprint density at radius 2 is 1.52 bits per heavy atom. The second-order valence-electron chi connectivity index (χ2n) is 6.19. The van der Waals surface area contributed by atoms with Crippen molar-refractivity contribution < 1.29 is 0 Å². The zero-order valence-electron chi connectivity index (χ0n) is 13.1. The summed E-state index contributed by atoms with van der Waals surface area (Å²) in [6.07, 6.45) is 5.71. The van der Waals surface area contributed by atoms with E-state index in [0.29, 0.717) is 5.92 Å². The maximum absolute atomic E-state index is 2.32. The van der Waals surface area contributed by atoms with E-state index in [9.17, 15) is 0 Å². The molecular weight excluding hydrogens is 252 g/mol. The largest absolute Gasteiger partial charge is 0.0727 e. The molecule has 1 unspecified atom stereocenters. The smallest absolute Gasteiger partial charge is 0.0147 e. The number of rotatable bonds is 2. The molecule has 0 radical (unpaired) electrons. The highest BCUT2D eigenvalue weighted by Gasteiger charge is 2.15. The second-order valence-corrected chi connectivity index (χ2v) is 6.19. The first-order valence-corrected chi connectivity index (χ1v) is 7.68. The number of benzene rings is 2. The summed E-state index contributed by atoms with van der Waals surface area (Å²) in [6.45, 7) is 6.66. The van der Waals surface area contributed by atoms with Gasteiger partial charge in [0.05, 0.1) is 0 Å². The van der Waals surface area contributed by atoms with E-state index in [4.69, 9.17) is 0 Å². The summed E-state index contributed by atoms with van der Waals surface area (Å²) < 4.78 is 0. The molecule has 0 aromatic heterocycles. The summed E-state index contributed by atoms with van der Waals surface area (Å²) >= 11 is 0. The number of allylic oxidation sites excluding steroid dienone is 4. The Bertz CT molecular complexity index is 699. The maximum atomic E-state index is 2.32. The van der Waals surface area contributed by atoms with Crippen molar-refractivity contribution in [3.05, 3.63) is 77.4 Å². The zero-order valence-corrected chi connectivity index (χ0v) is 13.1. The number of hydrogen-bond donors (Lipinski definition) is 0. The van der Waals surface area contributed by atoms with Crippen molar-refractivity contribution in [2.24, 2.45) is 5.92 Å². The molecule has 0 heteroatoms. The van der Waals surface area contributed by atoms with Crippen LogP contribution in [0.15, 0.2) is 66.3 Å². The molecule has 0 N–H and O–H groups in total. The molecule has 2 aromatic carbocycles. The van der Waals surface area contributed by atoms with Crippen molar-refractivity contribution in [2.45, 2.75) is 27.2 Å². The minimum Gasteiger partial charge on any atom is -0.0727 e. The molecular formula is C21H22. The fraction of sp³-hybridized carbons (Fsp3) is 0.238. The minimum atomic E-state index is 0.600. The third-order valence-corrected chi connectivity index (χ3v) is 4.29. The van der Waals surface area contributed by atoms with Gasteiger partial charge >= 0.3 is 0 Å². The zero-order chi connectivity index (χ0) is 14.8. The van der Waals surface area contributed by atoms with Crippen molar-refractivity contribution in [2.75, 3.05) is 0 Å². The van der Waals surface area contributed by atoms with Gasteiger partial charge in [-0.1, -0.05) is 72.7 Å².